The third-order valence-electron chi connectivity index (χ3n) is 5.30. The van der Waals surface area contributed by atoms with Gasteiger partial charge in [-0.25, -0.2) is 4.68 Å². The number of aromatic nitrogens is 2. The fourth-order valence-electron chi connectivity index (χ4n) is 3.55. The lowest BCUT2D eigenvalue weighted by Gasteiger charge is -2.42. The third-order valence-corrected chi connectivity index (χ3v) is 5.30. The first-order chi connectivity index (χ1) is 13.0. The smallest absolute Gasteiger partial charge is 0.272 e. The van der Waals surface area contributed by atoms with Gasteiger partial charge in [-0.3, -0.25) is 4.79 Å². The Morgan fingerprint density at radius 1 is 1.21 bits per heavy atom. The topological polar surface area (TPSA) is 77.3 Å². The number of hydrogen-bond acceptors (Lipinski definition) is 4. The Kier molecular flexibility index (Phi) is 5.63. The zero-order valence-corrected chi connectivity index (χ0v) is 16.9. The van der Waals surface area contributed by atoms with E-state index in [-0.39, 0.29) is 29.8 Å². The van der Waals surface area contributed by atoms with Crippen LogP contribution in [0.2, 0.25) is 0 Å². The normalized spacial score (nSPS) is 18.5. The molecule has 0 spiro atoms. The van der Waals surface area contributed by atoms with Gasteiger partial charge in [0.05, 0.1) is 12.0 Å². The zero-order chi connectivity index (χ0) is 19.0. The van der Waals surface area contributed by atoms with Gasteiger partial charge in [0, 0.05) is 25.2 Å². The number of nitrogens with two attached hydrogens (primary N) is 1. The van der Waals surface area contributed by atoms with Crippen molar-refractivity contribution in [2.24, 2.45) is 11.1 Å². The second-order valence-corrected chi connectivity index (χ2v) is 7.75. The molecular weight excluding hydrogens is 376 g/mol. The molecule has 4 rings (SSSR count). The highest BCUT2D eigenvalue weighted by Crippen LogP contribution is 2.30. The lowest BCUT2D eigenvalue weighted by Crippen LogP contribution is -2.54. The van der Waals surface area contributed by atoms with Gasteiger partial charge in [0.1, 0.15) is 11.4 Å². The van der Waals surface area contributed by atoms with Gasteiger partial charge in [-0.05, 0) is 36.1 Å². The fourth-order valence-corrected chi connectivity index (χ4v) is 3.55. The molecule has 3 heterocycles. The monoisotopic (exact) mass is 400 g/mol. The first-order valence-electron chi connectivity index (χ1n) is 9.20. The average molecular weight is 401 g/mol. The Morgan fingerprint density at radius 2 is 1.96 bits per heavy atom. The molecule has 3 aromatic rings. The Hall–Kier alpha value is -2.57. The molecule has 2 N–H and O–H groups in total. The van der Waals surface area contributed by atoms with Gasteiger partial charge in [0.25, 0.3) is 5.91 Å². The van der Waals surface area contributed by atoms with E-state index in [1.807, 2.05) is 47.4 Å². The number of hydrogen-bond donors (Lipinski definition) is 1. The highest BCUT2D eigenvalue weighted by atomic mass is 35.5. The maximum atomic E-state index is 13.4. The molecule has 1 fully saturated rings. The van der Waals surface area contributed by atoms with Gasteiger partial charge in [-0.15, -0.1) is 12.4 Å². The lowest BCUT2D eigenvalue weighted by molar-refractivity contribution is 0.0524. The van der Waals surface area contributed by atoms with Crippen molar-refractivity contribution in [3.8, 4) is 17.1 Å². The quantitative estimate of drug-likeness (QED) is 0.726. The van der Waals surface area contributed by atoms with Crippen LogP contribution in [0.1, 0.15) is 30.8 Å². The van der Waals surface area contributed by atoms with Crippen LogP contribution in [-0.2, 0) is 0 Å². The Bertz CT molecular complexity index is 935. The molecule has 1 saturated heterocycles. The number of furan rings is 1. The second-order valence-electron chi connectivity index (χ2n) is 7.75. The molecule has 0 radical (unpaired) electrons. The van der Waals surface area contributed by atoms with Gasteiger partial charge in [0.2, 0.25) is 0 Å². The molecule has 28 heavy (non-hydrogen) atoms. The van der Waals surface area contributed by atoms with E-state index < -0.39 is 0 Å². The second kappa shape index (κ2) is 7.81. The first-order valence-corrected chi connectivity index (χ1v) is 9.20. The van der Waals surface area contributed by atoms with Crippen molar-refractivity contribution in [2.75, 3.05) is 13.1 Å². The fraction of sp³-hybridized carbons (Fsp3) is 0.333. The highest BCUT2D eigenvalue weighted by Gasteiger charge is 2.36. The summed E-state index contributed by atoms with van der Waals surface area (Å²) in [7, 11) is 0. The van der Waals surface area contributed by atoms with Gasteiger partial charge in [0.15, 0.2) is 5.76 Å². The Morgan fingerprint density at radius 3 is 2.61 bits per heavy atom. The summed E-state index contributed by atoms with van der Waals surface area (Å²) in [6.07, 6.45) is 2.40. The number of halogens is 1. The van der Waals surface area contributed by atoms with Gasteiger partial charge in [-0.2, -0.15) is 5.10 Å². The summed E-state index contributed by atoms with van der Waals surface area (Å²) >= 11 is 0. The molecule has 0 aliphatic carbocycles. The molecule has 7 heteroatoms. The van der Waals surface area contributed by atoms with E-state index >= 15 is 0 Å². The molecule has 148 valence electrons. The van der Waals surface area contributed by atoms with Crippen LogP contribution >= 0.6 is 12.4 Å². The predicted octanol–water partition coefficient (Wildman–Crippen LogP) is 3.75. The van der Waals surface area contributed by atoms with E-state index in [0.717, 1.165) is 12.1 Å². The maximum absolute atomic E-state index is 13.4. The Balaban J connectivity index is 0.00000225. The summed E-state index contributed by atoms with van der Waals surface area (Å²) in [5.74, 6) is 0.601. The number of likely N-dealkylation sites (tertiary alicyclic amines) is 1. The van der Waals surface area contributed by atoms with Crippen LogP contribution in [0.4, 0.5) is 0 Å². The number of nitrogens with zero attached hydrogens (tertiary/aromatic N) is 3. The molecule has 0 saturated carbocycles. The number of carbonyl (C=O) groups excluding carboxylic acids is 1. The summed E-state index contributed by atoms with van der Waals surface area (Å²) < 4.78 is 7.18. The molecule has 1 aliphatic rings. The standard InChI is InChI=1S/C21H24N4O2.ClH/c1-21(2)14-24(11-10-19(21)22)20(26)17-13-16(18-9-6-12-27-18)23-25(17)15-7-4-3-5-8-15;/h3-9,12-13,19H,10-11,14,22H2,1-2H3;1H. The number of benzene rings is 1. The van der Waals surface area contributed by atoms with Crippen molar-refractivity contribution >= 4 is 18.3 Å². The van der Waals surface area contributed by atoms with Gasteiger partial charge in [-0.1, -0.05) is 32.0 Å². The summed E-state index contributed by atoms with van der Waals surface area (Å²) in [5.41, 5.74) is 8.12. The van der Waals surface area contributed by atoms with E-state index in [9.17, 15) is 4.79 Å². The van der Waals surface area contributed by atoms with Crippen LogP contribution in [-0.4, -0.2) is 39.7 Å². The lowest BCUT2D eigenvalue weighted by atomic mass is 9.79. The van der Waals surface area contributed by atoms with Crippen molar-refractivity contribution in [1.82, 2.24) is 14.7 Å². The molecular formula is C21H25ClN4O2. The minimum absolute atomic E-state index is 0. The SMILES string of the molecule is CC1(C)CN(C(=O)c2cc(-c3ccco3)nn2-c2ccccc2)CCC1N.Cl. The van der Waals surface area contributed by atoms with E-state index in [1.54, 1.807) is 17.0 Å². The largest absolute Gasteiger partial charge is 0.463 e. The number of amides is 1. The van der Waals surface area contributed by atoms with E-state index in [4.69, 9.17) is 10.2 Å². The molecule has 1 aromatic carbocycles. The van der Waals surface area contributed by atoms with Crippen molar-refractivity contribution in [3.05, 3.63) is 60.5 Å². The van der Waals surface area contributed by atoms with E-state index in [2.05, 4.69) is 18.9 Å². The van der Waals surface area contributed by atoms with Crippen molar-refractivity contribution in [2.45, 2.75) is 26.3 Å². The molecule has 1 amide bonds. The summed E-state index contributed by atoms with van der Waals surface area (Å²) in [5, 5.41) is 4.64. The molecule has 1 unspecified atom stereocenters. The van der Waals surface area contributed by atoms with Gasteiger partial charge >= 0.3 is 0 Å². The van der Waals surface area contributed by atoms with Crippen molar-refractivity contribution in [1.29, 1.82) is 0 Å². The van der Waals surface area contributed by atoms with Gasteiger partial charge < -0.3 is 15.1 Å². The first kappa shape index (κ1) is 20.2. The highest BCUT2D eigenvalue weighted by molar-refractivity contribution is 5.94. The van der Waals surface area contributed by atoms with Crippen LogP contribution in [0, 0.1) is 5.41 Å². The van der Waals surface area contributed by atoms with Crippen LogP contribution in [0.5, 0.6) is 0 Å². The number of carbonyl (C=O) groups is 1. The Labute approximate surface area is 170 Å². The summed E-state index contributed by atoms with van der Waals surface area (Å²) in [4.78, 5) is 15.2. The van der Waals surface area contributed by atoms with E-state index in [1.165, 1.54) is 0 Å². The average Bonchev–Trinajstić information content (AvgIpc) is 3.33. The van der Waals surface area contributed by atoms with Crippen LogP contribution in [0.3, 0.4) is 0 Å². The zero-order valence-electron chi connectivity index (χ0n) is 16.0. The molecule has 6 nitrogen and oxygen atoms in total. The molecule has 1 aliphatic heterocycles. The molecule has 1 atom stereocenters. The molecule has 2 aromatic heterocycles. The van der Waals surface area contributed by atoms with Crippen molar-refractivity contribution in [3.63, 3.8) is 0 Å². The van der Waals surface area contributed by atoms with Crippen molar-refractivity contribution < 1.29 is 9.21 Å². The molecule has 0 bridgehead atoms. The number of piperidine rings is 1. The summed E-state index contributed by atoms with van der Waals surface area (Å²) in [6, 6.07) is 15.2. The number of rotatable bonds is 3. The van der Waals surface area contributed by atoms with Crippen LogP contribution in [0.15, 0.2) is 59.2 Å². The summed E-state index contributed by atoms with van der Waals surface area (Å²) in [6.45, 7) is 5.50. The van der Waals surface area contributed by atoms with Crippen LogP contribution in [0.25, 0.3) is 17.1 Å². The predicted molar refractivity (Wildman–Crippen MR) is 111 cm³/mol. The minimum atomic E-state index is -0.116. The minimum Gasteiger partial charge on any atom is -0.463 e. The maximum Gasteiger partial charge on any atom is 0.272 e. The van der Waals surface area contributed by atoms with E-state index in [0.29, 0.717) is 30.2 Å². The van der Waals surface area contributed by atoms with Crippen LogP contribution < -0.4 is 5.73 Å². The number of para-hydroxylation sites is 1. The third kappa shape index (κ3) is 3.70.